The van der Waals surface area contributed by atoms with Crippen LogP contribution in [0, 0.1) is 0 Å². The fraction of sp³-hybridized carbons (Fsp3) is 0.714. The second kappa shape index (κ2) is 6.46. The second-order valence-electron chi connectivity index (χ2n) is 5.27. The Morgan fingerprint density at radius 1 is 1.47 bits per heavy atom. The molecule has 1 aromatic heterocycles. The minimum Gasteiger partial charge on any atom is -0.370 e. The summed E-state index contributed by atoms with van der Waals surface area (Å²) in [6.07, 6.45) is 2.93. The van der Waals surface area contributed by atoms with Crippen LogP contribution in [0.4, 0.5) is 11.6 Å². The molecule has 0 aliphatic carbocycles. The fourth-order valence-electron chi connectivity index (χ4n) is 2.51. The SMILES string of the molecule is CCNc1ncnc(N(C)C2CCSC2)c1C(C)C. The van der Waals surface area contributed by atoms with Crippen LogP contribution < -0.4 is 10.2 Å². The molecule has 106 valence electrons. The predicted octanol–water partition coefficient (Wildman–Crippen LogP) is 2.97. The Morgan fingerprint density at radius 3 is 2.84 bits per heavy atom. The van der Waals surface area contributed by atoms with Crippen LogP contribution in [0.2, 0.25) is 0 Å². The van der Waals surface area contributed by atoms with Gasteiger partial charge in [-0.1, -0.05) is 13.8 Å². The van der Waals surface area contributed by atoms with Crippen molar-refractivity contribution >= 4 is 23.4 Å². The van der Waals surface area contributed by atoms with Crippen molar-refractivity contribution in [3.63, 3.8) is 0 Å². The number of hydrogen-bond acceptors (Lipinski definition) is 5. The van der Waals surface area contributed by atoms with Gasteiger partial charge in [-0.3, -0.25) is 0 Å². The molecule has 0 aromatic carbocycles. The Hall–Kier alpha value is -0.970. The summed E-state index contributed by atoms with van der Waals surface area (Å²) in [6, 6.07) is 0.604. The van der Waals surface area contributed by atoms with E-state index in [1.807, 2.05) is 11.8 Å². The molecular weight excluding hydrogens is 256 g/mol. The summed E-state index contributed by atoms with van der Waals surface area (Å²) >= 11 is 2.03. The van der Waals surface area contributed by atoms with Gasteiger partial charge >= 0.3 is 0 Å². The van der Waals surface area contributed by atoms with Crippen LogP contribution in [0.25, 0.3) is 0 Å². The molecule has 19 heavy (non-hydrogen) atoms. The Kier molecular flexibility index (Phi) is 4.91. The van der Waals surface area contributed by atoms with E-state index in [1.165, 1.54) is 23.5 Å². The molecule has 5 heteroatoms. The van der Waals surface area contributed by atoms with E-state index in [0.29, 0.717) is 12.0 Å². The van der Waals surface area contributed by atoms with E-state index in [9.17, 15) is 0 Å². The first kappa shape index (κ1) is 14.4. The molecule has 1 unspecified atom stereocenters. The first-order chi connectivity index (χ1) is 9.15. The van der Waals surface area contributed by atoms with E-state index in [4.69, 9.17) is 0 Å². The maximum absolute atomic E-state index is 4.55. The molecule has 2 rings (SSSR count). The maximum Gasteiger partial charge on any atom is 0.137 e. The van der Waals surface area contributed by atoms with E-state index in [2.05, 4.69) is 48.0 Å². The van der Waals surface area contributed by atoms with E-state index >= 15 is 0 Å². The van der Waals surface area contributed by atoms with Gasteiger partial charge in [-0.05, 0) is 25.0 Å². The van der Waals surface area contributed by atoms with E-state index in [0.717, 1.165) is 18.2 Å². The average Bonchev–Trinajstić information content (AvgIpc) is 2.91. The van der Waals surface area contributed by atoms with E-state index in [-0.39, 0.29) is 0 Å². The molecule has 1 aliphatic rings. The van der Waals surface area contributed by atoms with Crippen LogP contribution in [0.15, 0.2) is 6.33 Å². The van der Waals surface area contributed by atoms with Crippen molar-refractivity contribution in [1.29, 1.82) is 0 Å². The lowest BCUT2D eigenvalue weighted by atomic mass is 10.0. The standard InChI is InChI=1S/C14H24N4S/c1-5-15-13-12(10(2)3)14(17-9-16-13)18(4)11-6-7-19-8-11/h9-11H,5-8H2,1-4H3,(H,15,16,17). The molecule has 1 N–H and O–H groups in total. The largest absolute Gasteiger partial charge is 0.370 e. The third-order valence-corrected chi connectivity index (χ3v) is 4.72. The van der Waals surface area contributed by atoms with Gasteiger partial charge in [-0.25, -0.2) is 9.97 Å². The van der Waals surface area contributed by atoms with Crippen LogP contribution >= 0.6 is 11.8 Å². The zero-order valence-corrected chi connectivity index (χ0v) is 13.1. The molecule has 0 amide bonds. The number of aromatic nitrogens is 2. The van der Waals surface area contributed by atoms with Gasteiger partial charge in [0.1, 0.15) is 18.0 Å². The number of anilines is 2. The predicted molar refractivity (Wildman–Crippen MR) is 84.4 cm³/mol. The van der Waals surface area contributed by atoms with Crippen molar-refractivity contribution in [2.45, 2.75) is 39.2 Å². The molecule has 0 bridgehead atoms. The molecular formula is C14H24N4S. The lowest BCUT2D eigenvalue weighted by molar-refractivity contribution is 0.680. The number of nitrogens with zero attached hydrogens (tertiary/aromatic N) is 3. The van der Waals surface area contributed by atoms with Crippen molar-refractivity contribution in [1.82, 2.24) is 9.97 Å². The van der Waals surface area contributed by atoms with Crippen molar-refractivity contribution < 1.29 is 0 Å². The van der Waals surface area contributed by atoms with Crippen molar-refractivity contribution in [2.75, 3.05) is 35.3 Å². The average molecular weight is 280 g/mol. The summed E-state index contributed by atoms with van der Waals surface area (Å²) < 4.78 is 0. The summed E-state index contributed by atoms with van der Waals surface area (Å²) in [4.78, 5) is 11.3. The van der Waals surface area contributed by atoms with E-state index in [1.54, 1.807) is 6.33 Å². The topological polar surface area (TPSA) is 41.1 Å². The Bertz CT molecular complexity index is 416. The Labute approximate surface area is 120 Å². The first-order valence-electron chi connectivity index (χ1n) is 7.04. The molecule has 0 spiro atoms. The number of nitrogens with one attached hydrogen (secondary N) is 1. The molecule has 0 saturated carbocycles. The molecule has 2 heterocycles. The molecule has 0 radical (unpaired) electrons. The molecule has 1 aliphatic heterocycles. The lowest BCUT2D eigenvalue weighted by Crippen LogP contribution is -2.33. The van der Waals surface area contributed by atoms with Crippen molar-refractivity contribution in [2.24, 2.45) is 0 Å². The molecule has 1 atom stereocenters. The Morgan fingerprint density at radius 2 is 2.26 bits per heavy atom. The number of hydrogen-bond donors (Lipinski definition) is 1. The summed E-state index contributed by atoms with van der Waals surface area (Å²) in [5.74, 6) is 4.96. The van der Waals surface area contributed by atoms with Gasteiger partial charge in [0.25, 0.3) is 0 Å². The van der Waals surface area contributed by atoms with Crippen LogP contribution in [0.1, 0.15) is 38.7 Å². The van der Waals surface area contributed by atoms with Gasteiger partial charge in [0.05, 0.1) is 0 Å². The highest BCUT2D eigenvalue weighted by atomic mass is 32.2. The van der Waals surface area contributed by atoms with Crippen LogP contribution in [0.3, 0.4) is 0 Å². The van der Waals surface area contributed by atoms with Gasteiger partial charge in [-0.15, -0.1) is 0 Å². The number of thioether (sulfide) groups is 1. The van der Waals surface area contributed by atoms with Crippen molar-refractivity contribution in [3.05, 3.63) is 11.9 Å². The van der Waals surface area contributed by atoms with Gasteiger partial charge < -0.3 is 10.2 Å². The summed E-state index contributed by atoms with van der Waals surface area (Å²) in [7, 11) is 2.17. The molecule has 1 saturated heterocycles. The minimum atomic E-state index is 0.418. The third kappa shape index (κ3) is 3.14. The smallest absolute Gasteiger partial charge is 0.137 e. The number of rotatable bonds is 5. The minimum absolute atomic E-state index is 0.418. The fourth-order valence-corrected chi connectivity index (χ4v) is 3.78. The van der Waals surface area contributed by atoms with Crippen LogP contribution in [-0.2, 0) is 0 Å². The van der Waals surface area contributed by atoms with Crippen LogP contribution in [-0.4, -0.2) is 41.1 Å². The van der Waals surface area contributed by atoms with Gasteiger partial charge in [0.15, 0.2) is 0 Å². The lowest BCUT2D eigenvalue weighted by Gasteiger charge is -2.28. The molecule has 1 aromatic rings. The Balaban J connectivity index is 2.34. The quantitative estimate of drug-likeness (QED) is 0.898. The zero-order chi connectivity index (χ0) is 13.8. The highest BCUT2D eigenvalue weighted by Gasteiger charge is 2.25. The summed E-state index contributed by atoms with van der Waals surface area (Å²) in [6.45, 7) is 7.41. The summed E-state index contributed by atoms with van der Waals surface area (Å²) in [5.41, 5.74) is 1.24. The third-order valence-electron chi connectivity index (χ3n) is 3.57. The van der Waals surface area contributed by atoms with Gasteiger partial charge in [-0.2, -0.15) is 11.8 Å². The highest BCUT2D eigenvalue weighted by molar-refractivity contribution is 7.99. The van der Waals surface area contributed by atoms with Gasteiger partial charge in [0, 0.05) is 31.0 Å². The normalized spacial score (nSPS) is 18.9. The molecule has 1 fully saturated rings. The van der Waals surface area contributed by atoms with Crippen molar-refractivity contribution in [3.8, 4) is 0 Å². The van der Waals surface area contributed by atoms with Gasteiger partial charge in [0.2, 0.25) is 0 Å². The monoisotopic (exact) mass is 280 g/mol. The zero-order valence-electron chi connectivity index (χ0n) is 12.3. The van der Waals surface area contributed by atoms with E-state index < -0.39 is 0 Å². The molecule has 4 nitrogen and oxygen atoms in total. The second-order valence-corrected chi connectivity index (χ2v) is 6.42. The summed E-state index contributed by atoms with van der Waals surface area (Å²) in [5, 5.41) is 3.36. The first-order valence-corrected chi connectivity index (χ1v) is 8.20. The van der Waals surface area contributed by atoms with Crippen LogP contribution in [0.5, 0.6) is 0 Å². The highest BCUT2D eigenvalue weighted by Crippen LogP contribution is 2.33. The maximum atomic E-state index is 4.55.